The molecule has 2 aliphatic rings. The van der Waals surface area contributed by atoms with Crippen LogP contribution in [0.25, 0.3) is 0 Å². The molecule has 0 aromatic heterocycles. The van der Waals surface area contributed by atoms with Gasteiger partial charge < -0.3 is 23.5 Å². The van der Waals surface area contributed by atoms with Crippen LogP contribution in [-0.2, 0) is 18.6 Å². The highest BCUT2D eigenvalue weighted by Crippen LogP contribution is 2.39. The fourth-order valence-corrected chi connectivity index (χ4v) is 6.14. The van der Waals surface area contributed by atoms with Gasteiger partial charge in [0, 0.05) is 17.1 Å². The van der Waals surface area contributed by atoms with E-state index in [2.05, 4.69) is 147 Å². The monoisotopic (exact) mass is 623 g/mol. The summed E-state index contributed by atoms with van der Waals surface area (Å²) < 4.78 is 25.3. The number of nitrogens with zero attached hydrogens (tertiary/aromatic N) is 1. The van der Waals surface area contributed by atoms with Crippen molar-refractivity contribution in [3.63, 3.8) is 0 Å². The number of unbranched alkanes of at least 4 members (excludes halogenated alkanes) is 4. The van der Waals surface area contributed by atoms with Gasteiger partial charge in [-0.2, -0.15) is 0 Å². The predicted octanol–water partition coefficient (Wildman–Crippen LogP) is 9.22. The van der Waals surface area contributed by atoms with Crippen LogP contribution in [0.4, 0.5) is 17.1 Å². The van der Waals surface area contributed by atoms with Crippen LogP contribution in [-0.4, -0.2) is 36.6 Å². The molecule has 2 aliphatic heterocycles. The van der Waals surface area contributed by atoms with Gasteiger partial charge in [0.15, 0.2) is 0 Å². The molecule has 0 N–H and O–H groups in total. The highest BCUT2D eigenvalue weighted by atomic mass is 16.7. The Morgan fingerprint density at radius 3 is 1.24 bits per heavy atom. The number of benzene rings is 3. The normalized spacial score (nSPS) is 20.2. The van der Waals surface area contributed by atoms with Crippen LogP contribution in [0.3, 0.4) is 0 Å². The van der Waals surface area contributed by atoms with Gasteiger partial charge in [0.1, 0.15) is 0 Å². The zero-order chi connectivity index (χ0) is 33.3. The Hall–Kier alpha value is -2.57. The highest BCUT2D eigenvalue weighted by Gasteiger charge is 2.52. The first kappa shape index (κ1) is 34.8. The molecule has 3 aromatic carbocycles. The van der Waals surface area contributed by atoms with E-state index in [1.807, 2.05) is 0 Å². The molecule has 7 heteroatoms. The second-order valence-electron chi connectivity index (χ2n) is 15.4. The van der Waals surface area contributed by atoms with Crippen LogP contribution < -0.4 is 15.8 Å². The average molecular weight is 623 g/mol. The predicted molar refractivity (Wildman–Crippen MR) is 194 cm³/mol. The maximum absolute atomic E-state index is 6.33. The van der Waals surface area contributed by atoms with Crippen LogP contribution in [0.5, 0.6) is 0 Å². The summed E-state index contributed by atoms with van der Waals surface area (Å²) in [4.78, 5) is 2.31. The molecule has 0 amide bonds. The van der Waals surface area contributed by atoms with E-state index in [1.54, 1.807) is 0 Å². The molecule has 1 unspecified atom stereocenters. The molecule has 2 heterocycles. The maximum Gasteiger partial charge on any atom is 0.494 e. The van der Waals surface area contributed by atoms with E-state index in [1.165, 1.54) is 44.1 Å². The van der Waals surface area contributed by atoms with Crippen LogP contribution in [0.2, 0.25) is 0 Å². The SMILES string of the molecule is CCCCCCCC(C)c1ccc(N(c2ccc(B3OC(C)(C)C(C)(C)O3)cc2)c2ccc(B3OC(C)(C)C(C)(C)O3)cc2)cc1. The van der Waals surface area contributed by atoms with Crippen molar-refractivity contribution in [3.8, 4) is 0 Å². The number of hydrogen-bond donors (Lipinski definition) is 0. The minimum Gasteiger partial charge on any atom is -0.399 e. The second-order valence-corrected chi connectivity index (χ2v) is 15.4. The van der Waals surface area contributed by atoms with Crippen LogP contribution in [0.15, 0.2) is 72.8 Å². The topological polar surface area (TPSA) is 40.2 Å². The Bertz CT molecular complexity index is 1320. The summed E-state index contributed by atoms with van der Waals surface area (Å²) in [6, 6.07) is 26.3. The summed E-state index contributed by atoms with van der Waals surface area (Å²) in [6.45, 7) is 21.4. The molecular formula is C39H55B2NO4. The van der Waals surface area contributed by atoms with Crippen molar-refractivity contribution in [2.45, 2.75) is 136 Å². The summed E-state index contributed by atoms with van der Waals surface area (Å²) in [6.07, 6.45) is 7.82. The van der Waals surface area contributed by atoms with Gasteiger partial charge in [-0.3, -0.25) is 0 Å². The average Bonchev–Trinajstić information content (AvgIpc) is 3.37. The van der Waals surface area contributed by atoms with Crippen molar-refractivity contribution >= 4 is 42.2 Å². The third-order valence-corrected chi connectivity index (χ3v) is 10.8. The quantitative estimate of drug-likeness (QED) is 0.149. The maximum atomic E-state index is 6.33. The molecule has 246 valence electrons. The van der Waals surface area contributed by atoms with Crippen molar-refractivity contribution in [2.75, 3.05) is 4.90 Å². The molecule has 0 aliphatic carbocycles. The van der Waals surface area contributed by atoms with Crippen molar-refractivity contribution in [1.82, 2.24) is 0 Å². The first-order valence-corrected chi connectivity index (χ1v) is 17.5. The molecule has 5 nitrogen and oxygen atoms in total. The Labute approximate surface area is 279 Å². The molecule has 0 saturated carbocycles. The minimum atomic E-state index is -0.394. The lowest BCUT2D eigenvalue weighted by Gasteiger charge is -2.32. The van der Waals surface area contributed by atoms with Gasteiger partial charge in [-0.25, -0.2) is 0 Å². The van der Waals surface area contributed by atoms with Gasteiger partial charge >= 0.3 is 14.2 Å². The molecular weight excluding hydrogens is 568 g/mol. The Morgan fingerprint density at radius 1 is 0.522 bits per heavy atom. The van der Waals surface area contributed by atoms with Gasteiger partial charge in [-0.1, -0.05) is 82.3 Å². The van der Waals surface area contributed by atoms with Gasteiger partial charge in [0.05, 0.1) is 22.4 Å². The van der Waals surface area contributed by atoms with Crippen molar-refractivity contribution in [1.29, 1.82) is 0 Å². The summed E-state index contributed by atoms with van der Waals surface area (Å²) in [5.74, 6) is 0.544. The second kappa shape index (κ2) is 13.5. The van der Waals surface area contributed by atoms with E-state index in [-0.39, 0.29) is 22.4 Å². The molecule has 3 aromatic rings. The van der Waals surface area contributed by atoms with Crippen molar-refractivity contribution < 1.29 is 18.6 Å². The molecule has 0 radical (unpaired) electrons. The summed E-state index contributed by atoms with van der Waals surface area (Å²) >= 11 is 0. The molecule has 1 atom stereocenters. The van der Waals surface area contributed by atoms with E-state index < -0.39 is 14.2 Å². The highest BCUT2D eigenvalue weighted by molar-refractivity contribution is 6.62. The van der Waals surface area contributed by atoms with Crippen molar-refractivity contribution in [3.05, 3.63) is 78.4 Å². The number of hydrogen-bond acceptors (Lipinski definition) is 5. The van der Waals surface area contributed by atoms with Crippen molar-refractivity contribution in [2.24, 2.45) is 0 Å². The first-order valence-electron chi connectivity index (χ1n) is 17.5. The van der Waals surface area contributed by atoms with Crippen LogP contribution in [0, 0.1) is 0 Å². The van der Waals surface area contributed by atoms with E-state index in [0.29, 0.717) is 5.92 Å². The minimum absolute atomic E-state index is 0.379. The Balaban J connectivity index is 1.40. The Morgan fingerprint density at radius 2 is 0.870 bits per heavy atom. The largest absolute Gasteiger partial charge is 0.494 e. The standard InChI is InChI=1S/C39H55B2NO4/c1-11-12-13-14-15-16-29(2)30-17-23-33(24-18-30)42(34-25-19-31(20-26-34)40-43-36(3,4)37(5,6)44-40)35-27-21-32(22-28-35)41-45-38(7,8)39(9,10)46-41/h17-29H,11-16H2,1-10H3. The lowest BCUT2D eigenvalue weighted by molar-refractivity contribution is 0.00578. The smallest absolute Gasteiger partial charge is 0.399 e. The van der Waals surface area contributed by atoms with E-state index in [9.17, 15) is 0 Å². The molecule has 2 fully saturated rings. The molecule has 2 saturated heterocycles. The summed E-state index contributed by atoms with van der Waals surface area (Å²) in [5.41, 5.74) is 5.16. The zero-order valence-electron chi connectivity index (χ0n) is 30.0. The lowest BCUT2D eigenvalue weighted by atomic mass is 9.79. The molecule has 46 heavy (non-hydrogen) atoms. The number of anilines is 3. The lowest BCUT2D eigenvalue weighted by Crippen LogP contribution is -2.41. The third kappa shape index (κ3) is 7.28. The zero-order valence-corrected chi connectivity index (χ0v) is 30.0. The molecule has 0 spiro atoms. The van der Waals surface area contributed by atoms with E-state index >= 15 is 0 Å². The Kier molecular flexibility index (Phi) is 10.2. The van der Waals surface area contributed by atoms with E-state index in [0.717, 1.165) is 28.0 Å². The first-order chi connectivity index (χ1) is 21.6. The number of rotatable bonds is 12. The van der Waals surface area contributed by atoms with E-state index in [4.69, 9.17) is 18.6 Å². The van der Waals surface area contributed by atoms with Gasteiger partial charge in [-0.05, 0) is 121 Å². The molecule has 0 bridgehead atoms. The summed E-state index contributed by atoms with van der Waals surface area (Å²) in [5, 5.41) is 0. The van der Waals surface area contributed by atoms with Crippen LogP contribution >= 0.6 is 0 Å². The summed E-state index contributed by atoms with van der Waals surface area (Å²) in [7, 11) is -0.788. The van der Waals surface area contributed by atoms with Crippen LogP contribution in [0.1, 0.15) is 119 Å². The fraction of sp³-hybridized carbons (Fsp3) is 0.538. The van der Waals surface area contributed by atoms with Gasteiger partial charge in [0.2, 0.25) is 0 Å². The third-order valence-electron chi connectivity index (χ3n) is 10.8. The molecule has 5 rings (SSSR count). The fourth-order valence-electron chi connectivity index (χ4n) is 6.14. The van der Waals surface area contributed by atoms with Gasteiger partial charge in [0.25, 0.3) is 0 Å². The van der Waals surface area contributed by atoms with Gasteiger partial charge in [-0.15, -0.1) is 0 Å².